The number of nitrogens with one attached hydrogen (secondary N) is 5. The highest BCUT2D eigenvalue weighted by atomic mass is 16.3. The molecule has 3 heterocycles. The van der Waals surface area contributed by atoms with Crippen LogP contribution in [0.3, 0.4) is 0 Å². The van der Waals surface area contributed by atoms with Gasteiger partial charge in [0.1, 0.15) is 36.0 Å². The van der Waals surface area contributed by atoms with Crippen molar-refractivity contribution in [3.63, 3.8) is 0 Å². The highest BCUT2D eigenvalue weighted by Gasteiger charge is 2.45. The maximum absolute atomic E-state index is 14.1. The molecule has 11 N–H and O–H groups in total. The second kappa shape index (κ2) is 20.6. The van der Waals surface area contributed by atoms with Crippen LogP contribution in [0.5, 0.6) is 5.75 Å². The second-order valence-corrected chi connectivity index (χ2v) is 16.5. The van der Waals surface area contributed by atoms with E-state index >= 15 is 0 Å². The molecule has 1 aromatic carbocycles. The minimum atomic E-state index is -1.53. The molecule has 1 saturated carbocycles. The third-order valence-corrected chi connectivity index (χ3v) is 11.8. The molecule has 18 nitrogen and oxygen atoms in total. The number of rotatable bonds is 8. The lowest BCUT2D eigenvalue weighted by molar-refractivity contribution is -0.145. The first-order valence-electron chi connectivity index (χ1n) is 20.7. The predicted molar refractivity (Wildman–Crippen MR) is 210 cm³/mol. The van der Waals surface area contributed by atoms with Gasteiger partial charge in [0.15, 0.2) is 0 Å². The summed E-state index contributed by atoms with van der Waals surface area (Å²) in [5.41, 5.74) is 6.95. The van der Waals surface area contributed by atoms with E-state index < -0.39 is 96.0 Å². The van der Waals surface area contributed by atoms with Crippen LogP contribution in [0, 0.1) is 5.92 Å². The Balaban J connectivity index is 1.46. The number of hydrogen-bond acceptors (Lipinski definition) is 12. The lowest BCUT2D eigenvalue weighted by Gasteiger charge is -2.32. The molecule has 0 spiro atoms. The minimum Gasteiger partial charge on any atom is -0.508 e. The fourth-order valence-corrected chi connectivity index (χ4v) is 8.48. The minimum absolute atomic E-state index is 0.0112. The first-order chi connectivity index (χ1) is 27.6. The zero-order valence-corrected chi connectivity index (χ0v) is 33.5. The molecule has 3 aliphatic heterocycles. The van der Waals surface area contributed by atoms with Gasteiger partial charge in [0, 0.05) is 32.1 Å². The summed E-state index contributed by atoms with van der Waals surface area (Å²) in [6, 6.07) is -1.78. The Morgan fingerprint density at radius 2 is 1.36 bits per heavy atom. The van der Waals surface area contributed by atoms with Gasteiger partial charge in [-0.3, -0.25) is 28.8 Å². The summed E-state index contributed by atoms with van der Waals surface area (Å²) in [6.07, 6.45) is 2.15. The van der Waals surface area contributed by atoms with Crippen LogP contribution < -0.4 is 32.3 Å². The summed E-state index contributed by atoms with van der Waals surface area (Å²) in [5, 5.41) is 56.3. The number of phenolic OH excluding ortho intramolecular Hbond substituents is 1. The Morgan fingerprint density at radius 1 is 0.759 bits per heavy atom. The summed E-state index contributed by atoms with van der Waals surface area (Å²) >= 11 is 0. The van der Waals surface area contributed by atoms with Gasteiger partial charge >= 0.3 is 0 Å². The van der Waals surface area contributed by atoms with E-state index in [2.05, 4.69) is 26.6 Å². The Kier molecular flexibility index (Phi) is 15.9. The van der Waals surface area contributed by atoms with Gasteiger partial charge in [-0.2, -0.15) is 0 Å². The molecule has 0 aromatic heterocycles. The third-order valence-electron chi connectivity index (χ3n) is 11.8. The molecule has 3 saturated heterocycles. The molecule has 1 aliphatic carbocycles. The van der Waals surface area contributed by atoms with Gasteiger partial charge in [0.25, 0.3) is 0 Å². The number of fused-ring (bicyclic) bond motifs is 2. The van der Waals surface area contributed by atoms with Crippen LogP contribution in [0.15, 0.2) is 24.3 Å². The van der Waals surface area contributed by atoms with E-state index in [-0.39, 0.29) is 57.5 Å². The van der Waals surface area contributed by atoms with Gasteiger partial charge in [-0.15, -0.1) is 0 Å². The number of aryl methyl sites for hydroxylation is 1. The van der Waals surface area contributed by atoms with Crippen LogP contribution in [0.1, 0.15) is 83.6 Å². The Hall–Kier alpha value is -4.36. The van der Waals surface area contributed by atoms with Crippen molar-refractivity contribution in [2.75, 3.05) is 26.2 Å². The second-order valence-electron chi connectivity index (χ2n) is 16.5. The van der Waals surface area contributed by atoms with Gasteiger partial charge in [-0.25, -0.2) is 0 Å². The molecule has 18 heteroatoms. The van der Waals surface area contributed by atoms with Gasteiger partial charge in [0.2, 0.25) is 35.4 Å². The van der Waals surface area contributed by atoms with Crippen molar-refractivity contribution in [3.8, 4) is 5.75 Å². The third kappa shape index (κ3) is 11.6. The van der Waals surface area contributed by atoms with E-state index in [0.29, 0.717) is 24.4 Å². The average molecular weight is 815 g/mol. The average Bonchev–Trinajstić information content (AvgIpc) is 3.79. The number of benzene rings is 1. The number of hydrogen-bond donors (Lipinski definition) is 10. The normalized spacial score (nSPS) is 31.3. The van der Waals surface area contributed by atoms with E-state index in [9.17, 15) is 49.2 Å². The van der Waals surface area contributed by atoms with Crippen molar-refractivity contribution in [1.82, 2.24) is 36.4 Å². The molecule has 1 aromatic rings. The number of carbonyl (C=O) groups is 6. The van der Waals surface area contributed by atoms with Crippen LogP contribution in [0.25, 0.3) is 0 Å². The highest BCUT2D eigenvalue weighted by molar-refractivity contribution is 5.97. The molecule has 5 rings (SSSR count). The lowest BCUT2D eigenvalue weighted by atomic mass is 9.89. The van der Waals surface area contributed by atoms with Crippen LogP contribution in [0.2, 0.25) is 0 Å². The molecule has 0 radical (unpaired) electrons. The number of amides is 6. The monoisotopic (exact) mass is 814 g/mol. The maximum Gasteiger partial charge on any atom is 0.248 e. The summed E-state index contributed by atoms with van der Waals surface area (Å²) < 4.78 is 0. The van der Waals surface area contributed by atoms with E-state index in [4.69, 9.17) is 5.73 Å². The zero-order valence-electron chi connectivity index (χ0n) is 33.5. The number of aliphatic hydroxyl groups excluding tert-OH is 3. The molecule has 6 amide bonds. The van der Waals surface area contributed by atoms with Crippen molar-refractivity contribution >= 4 is 35.4 Å². The predicted octanol–water partition coefficient (Wildman–Crippen LogP) is -2.12. The highest BCUT2D eigenvalue weighted by Crippen LogP contribution is 2.25. The number of carbonyl (C=O) groups excluding carboxylic acids is 6. The SMILES string of the molecule is C[C@@H](O)[C@@H]1NC(=O)[C@H](CCc2ccc(O)cc2)NC(=O)[C@@H]2C[C@@H](O)CN2C(=O)[C@H]([C@@H](C)O)NC(=O)[C@@H](NCC2CCCCC2)CCCNC(=O)[C@@H]2C[C@H](N)CN2C1=O. The Labute approximate surface area is 339 Å². The Bertz CT molecular complexity index is 1610. The van der Waals surface area contributed by atoms with E-state index in [0.717, 1.165) is 37.0 Å². The molecule has 322 valence electrons. The van der Waals surface area contributed by atoms with Crippen molar-refractivity contribution in [1.29, 1.82) is 0 Å². The quantitative estimate of drug-likeness (QED) is 0.135. The standard InChI is InChI=1S/C40H62N8O10/c1-22(49)33-39(57)47-20-26(41)17-31(47)37(55)42-16-6-9-29(43-19-25-7-4-3-5-8-25)35(53)45-34(23(2)50)40(58)48-21-28(52)18-32(48)38(56)44-30(36(54)46-33)15-12-24-10-13-27(51)14-11-24/h10-11,13-14,22-23,25-26,28-34,43,49-52H,3-9,12,15-21,41H2,1-2H3,(H,42,55)(H,44,56)(H,45,53)(H,46,54)/t22-,23-,26+,28-,29+,30+,31+,32+,33+,34+/m1/s1. The number of aromatic hydroxyl groups is 1. The van der Waals surface area contributed by atoms with Crippen LogP contribution >= 0.6 is 0 Å². The summed E-state index contributed by atoms with van der Waals surface area (Å²) in [6.45, 7) is 3.06. The van der Waals surface area contributed by atoms with Crippen LogP contribution in [-0.4, -0.2) is 152 Å². The van der Waals surface area contributed by atoms with Crippen LogP contribution in [0.4, 0.5) is 0 Å². The smallest absolute Gasteiger partial charge is 0.248 e. The fourth-order valence-electron chi connectivity index (χ4n) is 8.48. The fraction of sp³-hybridized carbons (Fsp3) is 0.700. The van der Waals surface area contributed by atoms with E-state index in [1.807, 2.05) is 0 Å². The molecule has 58 heavy (non-hydrogen) atoms. The summed E-state index contributed by atoms with van der Waals surface area (Å²) in [5.74, 6) is -3.82. The van der Waals surface area contributed by atoms with E-state index in [1.165, 1.54) is 30.9 Å². The van der Waals surface area contributed by atoms with E-state index in [1.54, 1.807) is 12.1 Å². The molecular weight excluding hydrogens is 752 g/mol. The molecule has 4 fully saturated rings. The number of nitrogens with two attached hydrogens (primary N) is 1. The van der Waals surface area contributed by atoms with Crippen LogP contribution in [-0.2, 0) is 35.2 Å². The lowest BCUT2D eigenvalue weighted by Crippen LogP contribution is -2.61. The molecule has 10 atom stereocenters. The summed E-state index contributed by atoms with van der Waals surface area (Å²) in [7, 11) is 0. The van der Waals surface area contributed by atoms with Crippen molar-refractivity contribution in [2.45, 2.75) is 145 Å². The maximum atomic E-state index is 14.1. The summed E-state index contributed by atoms with van der Waals surface area (Å²) in [4.78, 5) is 86.1. The van der Waals surface area contributed by atoms with Gasteiger partial charge in [-0.05, 0) is 89.0 Å². The molecule has 4 aliphatic rings. The largest absolute Gasteiger partial charge is 0.508 e. The van der Waals surface area contributed by atoms with Gasteiger partial charge < -0.3 is 62.5 Å². The van der Waals surface area contributed by atoms with Gasteiger partial charge in [-0.1, -0.05) is 31.4 Å². The van der Waals surface area contributed by atoms with Crippen molar-refractivity contribution in [3.05, 3.63) is 29.8 Å². The number of nitrogens with zero attached hydrogens (tertiary/aromatic N) is 2. The topological polar surface area (TPSA) is 276 Å². The Morgan fingerprint density at radius 3 is 2.00 bits per heavy atom. The van der Waals surface area contributed by atoms with Gasteiger partial charge in [0.05, 0.1) is 24.4 Å². The first kappa shape index (κ1) is 44.7. The first-order valence-corrected chi connectivity index (χ1v) is 20.7. The number of phenols is 1. The van der Waals surface area contributed by atoms with Crippen molar-refractivity contribution in [2.24, 2.45) is 11.7 Å². The molecule has 0 bridgehead atoms. The van der Waals surface area contributed by atoms with Crippen molar-refractivity contribution < 1.29 is 49.2 Å². The zero-order chi connectivity index (χ0) is 42.1. The number of aliphatic hydroxyl groups is 3. The molecular formula is C40H62N8O10. The molecule has 0 unspecified atom stereocenters.